The standard InChI is InChI=1S/C11H11N3O3S/c1-13-10(15)9(12-11(13)18)6-7-2-4-8(5-3-7)14(16)17/h2-5,9H,6H2,1H3,(H,12,18)/t9-/m1/s1. The Bertz CT molecular complexity index is 515. The molecular formula is C11H11N3O3S. The van der Waals surface area contributed by atoms with E-state index in [4.69, 9.17) is 12.2 Å². The van der Waals surface area contributed by atoms with Crippen LogP contribution >= 0.6 is 12.2 Å². The van der Waals surface area contributed by atoms with E-state index in [0.717, 1.165) is 5.56 Å². The summed E-state index contributed by atoms with van der Waals surface area (Å²) < 4.78 is 0. The first kappa shape index (κ1) is 12.4. The number of nitrogens with zero attached hydrogens (tertiary/aromatic N) is 2. The lowest BCUT2D eigenvalue weighted by Gasteiger charge is -2.08. The van der Waals surface area contributed by atoms with Gasteiger partial charge in [-0.1, -0.05) is 12.1 Å². The quantitative estimate of drug-likeness (QED) is 0.498. The van der Waals surface area contributed by atoms with Crippen LogP contribution in [0.2, 0.25) is 0 Å². The molecule has 1 N–H and O–H groups in total. The molecule has 2 rings (SSSR count). The Morgan fingerprint density at radius 1 is 1.44 bits per heavy atom. The second-order valence-corrected chi connectivity index (χ2v) is 4.41. The predicted molar refractivity (Wildman–Crippen MR) is 69.1 cm³/mol. The summed E-state index contributed by atoms with van der Waals surface area (Å²) in [6.45, 7) is 0. The summed E-state index contributed by atoms with van der Waals surface area (Å²) >= 11 is 4.97. The number of hydrogen-bond acceptors (Lipinski definition) is 4. The number of benzene rings is 1. The van der Waals surface area contributed by atoms with Crippen molar-refractivity contribution in [1.82, 2.24) is 10.2 Å². The van der Waals surface area contributed by atoms with Crippen LogP contribution in [-0.2, 0) is 11.2 Å². The fraction of sp³-hybridized carbons (Fsp3) is 0.273. The van der Waals surface area contributed by atoms with Gasteiger partial charge < -0.3 is 5.32 Å². The van der Waals surface area contributed by atoms with Crippen molar-refractivity contribution in [2.24, 2.45) is 0 Å². The predicted octanol–water partition coefficient (Wildman–Crippen LogP) is 0.852. The second-order valence-electron chi connectivity index (χ2n) is 4.03. The van der Waals surface area contributed by atoms with Crippen LogP contribution in [0.15, 0.2) is 24.3 Å². The summed E-state index contributed by atoms with van der Waals surface area (Å²) in [7, 11) is 1.62. The molecule has 1 atom stereocenters. The summed E-state index contributed by atoms with van der Waals surface area (Å²) in [4.78, 5) is 23.2. The van der Waals surface area contributed by atoms with E-state index in [1.54, 1.807) is 19.2 Å². The molecule has 1 saturated heterocycles. The minimum Gasteiger partial charge on any atom is -0.350 e. The van der Waals surface area contributed by atoms with E-state index in [2.05, 4.69) is 5.32 Å². The van der Waals surface area contributed by atoms with E-state index in [1.165, 1.54) is 17.0 Å². The Kier molecular flexibility index (Phi) is 3.24. The number of carbonyl (C=O) groups excluding carboxylic acids is 1. The molecule has 1 fully saturated rings. The third kappa shape index (κ3) is 2.30. The number of hydrogen-bond donors (Lipinski definition) is 1. The zero-order chi connectivity index (χ0) is 13.3. The number of likely N-dealkylation sites (N-methyl/N-ethyl adjacent to an activating group) is 1. The molecule has 0 aromatic heterocycles. The van der Waals surface area contributed by atoms with Crippen LogP contribution in [0.5, 0.6) is 0 Å². The number of rotatable bonds is 3. The van der Waals surface area contributed by atoms with Crippen LogP contribution in [0.25, 0.3) is 0 Å². The molecule has 1 heterocycles. The van der Waals surface area contributed by atoms with Crippen molar-refractivity contribution in [3.8, 4) is 0 Å². The number of nitrogens with one attached hydrogen (secondary N) is 1. The molecule has 0 unspecified atom stereocenters. The molecular weight excluding hydrogens is 254 g/mol. The van der Waals surface area contributed by atoms with Crippen LogP contribution in [-0.4, -0.2) is 33.9 Å². The highest BCUT2D eigenvalue weighted by Gasteiger charge is 2.32. The van der Waals surface area contributed by atoms with E-state index in [1.807, 2.05) is 0 Å². The molecule has 1 aromatic carbocycles. The fourth-order valence-corrected chi connectivity index (χ4v) is 2.00. The van der Waals surface area contributed by atoms with Crippen LogP contribution in [0.4, 0.5) is 5.69 Å². The van der Waals surface area contributed by atoms with Gasteiger partial charge in [0.05, 0.1) is 4.92 Å². The monoisotopic (exact) mass is 265 g/mol. The van der Waals surface area contributed by atoms with E-state index in [-0.39, 0.29) is 17.6 Å². The summed E-state index contributed by atoms with van der Waals surface area (Å²) in [5.41, 5.74) is 0.890. The van der Waals surface area contributed by atoms with E-state index in [0.29, 0.717) is 11.5 Å². The SMILES string of the molecule is CN1C(=O)[C@@H](Cc2ccc([N+](=O)[O-])cc2)NC1=S. The zero-order valence-corrected chi connectivity index (χ0v) is 10.4. The average Bonchev–Trinajstić information content (AvgIpc) is 2.58. The Balaban J connectivity index is 2.08. The Labute approximate surface area is 109 Å². The van der Waals surface area contributed by atoms with Gasteiger partial charge in [-0.3, -0.25) is 19.8 Å². The molecule has 1 aromatic rings. The largest absolute Gasteiger partial charge is 0.350 e. The highest BCUT2D eigenvalue weighted by molar-refractivity contribution is 7.80. The number of amides is 1. The van der Waals surface area contributed by atoms with Gasteiger partial charge in [0.15, 0.2) is 5.11 Å². The number of thiocarbonyl (C=S) groups is 1. The minimum absolute atomic E-state index is 0.0390. The number of nitro groups is 1. The highest BCUT2D eigenvalue weighted by atomic mass is 32.1. The highest BCUT2D eigenvalue weighted by Crippen LogP contribution is 2.15. The number of non-ortho nitro benzene ring substituents is 1. The molecule has 0 saturated carbocycles. The normalized spacial score (nSPS) is 18.9. The minimum atomic E-state index is -0.453. The van der Waals surface area contributed by atoms with Gasteiger partial charge in [-0.25, -0.2) is 0 Å². The van der Waals surface area contributed by atoms with Crippen molar-refractivity contribution in [2.75, 3.05) is 7.05 Å². The third-order valence-electron chi connectivity index (χ3n) is 2.82. The lowest BCUT2D eigenvalue weighted by molar-refractivity contribution is -0.384. The molecule has 6 nitrogen and oxygen atoms in total. The van der Waals surface area contributed by atoms with Crippen LogP contribution in [0.3, 0.4) is 0 Å². The summed E-state index contributed by atoms with van der Waals surface area (Å²) in [6, 6.07) is 5.76. The van der Waals surface area contributed by atoms with E-state index < -0.39 is 4.92 Å². The average molecular weight is 265 g/mol. The lowest BCUT2D eigenvalue weighted by Crippen LogP contribution is -2.31. The van der Waals surface area contributed by atoms with E-state index >= 15 is 0 Å². The number of nitro benzene ring substituents is 1. The fourth-order valence-electron chi connectivity index (χ4n) is 1.77. The van der Waals surface area contributed by atoms with Gasteiger partial charge in [-0.05, 0) is 17.8 Å². The first-order valence-corrected chi connectivity index (χ1v) is 5.71. The molecule has 18 heavy (non-hydrogen) atoms. The lowest BCUT2D eigenvalue weighted by atomic mass is 10.1. The Hall–Kier alpha value is -2.02. The topological polar surface area (TPSA) is 75.5 Å². The van der Waals surface area contributed by atoms with Crippen molar-refractivity contribution in [2.45, 2.75) is 12.5 Å². The molecule has 7 heteroatoms. The van der Waals surface area contributed by atoms with Gasteiger partial charge in [0.25, 0.3) is 11.6 Å². The maximum Gasteiger partial charge on any atom is 0.269 e. The van der Waals surface area contributed by atoms with Crippen molar-refractivity contribution in [1.29, 1.82) is 0 Å². The van der Waals surface area contributed by atoms with Crippen LogP contribution in [0.1, 0.15) is 5.56 Å². The molecule has 1 aliphatic heterocycles. The maximum absolute atomic E-state index is 11.8. The Morgan fingerprint density at radius 2 is 2.06 bits per heavy atom. The van der Waals surface area contributed by atoms with Crippen molar-refractivity contribution < 1.29 is 9.72 Å². The summed E-state index contributed by atoms with van der Waals surface area (Å²) in [5.74, 6) is -0.0849. The molecule has 0 radical (unpaired) electrons. The molecule has 0 aliphatic carbocycles. The molecule has 0 bridgehead atoms. The summed E-state index contributed by atoms with van der Waals surface area (Å²) in [6.07, 6.45) is 0.460. The zero-order valence-electron chi connectivity index (χ0n) is 9.62. The number of carbonyl (C=O) groups is 1. The van der Waals surface area contributed by atoms with Gasteiger partial charge in [0, 0.05) is 25.6 Å². The smallest absolute Gasteiger partial charge is 0.269 e. The van der Waals surface area contributed by atoms with Gasteiger partial charge in [-0.15, -0.1) is 0 Å². The first-order valence-electron chi connectivity index (χ1n) is 5.30. The molecule has 1 amide bonds. The first-order chi connectivity index (χ1) is 8.49. The second kappa shape index (κ2) is 4.69. The Morgan fingerprint density at radius 3 is 2.50 bits per heavy atom. The van der Waals surface area contributed by atoms with Crippen LogP contribution in [0, 0.1) is 10.1 Å². The third-order valence-corrected chi connectivity index (χ3v) is 3.21. The van der Waals surface area contributed by atoms with Gasteiger partial charge in [0.1, 0.15) is 6.04 Å². The van der Waals surface area contributed by atoms with Gasteiger partial charge in [-0.2, -0.15) is 0 Å². The van der Waals surface area contributed by atoms with E-state index in [9.17, 15) is 14.9 Å². The van der Waals surface area contributed by atoms with Crippen molar-refractivity contribution in [3.05, 3.63) is 39.9 Å². The maximum atomic E-state index is 11.8. The van der Waals surface area contributed by atoms with Gasteiger partial charge in [0.2, 0.25) is 0 Å². The van der Waals surface area contributed by atoms with Crippen LogP contribution < -0.4 is 5.32 Å². The molecule has 94 valence electrons. The molecule has 0 spiro atoms. The molecule has 1 aliphatic rings. The van der Waals surface area contributed by atoms with Gasteiger partial charge >= 0.3 is 0 Å². The van der Waals surface area contributed by atoms with Crippen molar-refractivity contribution in [3.63, 3.8) is 0 Å². The summed E-state index contributed by atoms with van der Waals surface area (Å²) in [5, 5.41) is 13.8. The van der Waals surface area contributed by atoms with Crippen molar-refractivity contribution >= 4 is 28.9 Å².